The number of anilines is 3. The van der Waals surface area contributed by atoms with E-state index in [4.69, 9.17) is 4.74 Å². The molecule has 2 fully saturated rings. The molecule has 5 rings (SSSR count). The Balaban J connectivity index is 0.00000541. The van der Waals surface area contributed by atoms with Crippen molar-refractivity contribution in [2.45, 2.75) is 77.4 Å². The highest BCUT2D eigenvalue weighted by Gasteiger charge is 2.42. The number of nitrogens with one attached hydrogen (secondary N) is 4. The molecule has 0 bridgehead atoms. The van der Waals surface area contributed by atoms with Crippen molar-refractivity contribution in [2.24, 2.45) is 5.41 Å². The number of carbonyl (C=O) groups is 3. The minimum absolute atomic E-state index is 0. The molecule has 3 unspecified atom stereocenters. The summed E-state index contributed by atoms with van der Waals surface area (Å²) in [6.07, 6.45) is 5.00. The summed E-state index contributed by atoms with van der Waals surface area (Å²) in [5.74, 6) is 0.745. The van der Waals surface area contributed by atoms with E-state index in [1.807, 2.05) is 20.8 Å². The fraction of sp³-hybridized carbons (Fsp3) is 0.528. The predicted octanol–water partition coefficient (Wildman–Crippen LogP) is 4.68. The molecule has 3 amide bonds. The first kappa shape index (κ1) is 37.8. The highest BCUT2D eigenvalue weighted by Crippen LogP contribution is 2.35. The van der Waals surface area contributed by atoms with Gasteiger partial charge in [-0.3, -0.25) is 14.4 Å². The summed E-state index contributed by atoms with van der Waals surface area (Å²) in [6.45, 7) is 10.1. The molecule has 3 aromatic rings. The lowest BCUT2D eigenvalue weighted by Gasteiger charge is -2.36. The van der Waals surface area contributed by atoms with Crippen LogP contribution in [0.1, 0.15) is 64.9 Å². The van der Waals surface area contributed by atoms with Crippen LogP contribution >= 0.6 is 12.4 Å². The number of likely N-dealkylation sites (N-methyl/N-ethyl adjacent to an activating group) is 1. The van der Waals surface area contributed by atoms with E-state index < -0.39 is 23.5 Å². The largest absolute Gasteiger partial charge is 0.494 e. The fourth-order valence-corrected chi connectivity index (χ4v) is 6.50. The molecule has 266 valence electrons. The molecule has 3 atom stereocenters. The van der Waals surface area contributed by atoms with Crippen LogP contribution in [0.15, 0.2) is 42.7 Å². The molecule has 2 aromatic carbocycles. The smallest absolute Gasteiger partial charge is 0.247 e. The van der Waals surface area contributed by atoms with E-state index >= 15 is 0 Å². The maximum atomic E-state index is 13.9. The standard InChI is InChI=1S/C36H50N8O4.ClH/c1-22(37-5)33(45)42-31(36(2,3)4)35(47)44-16-8-9-29(44)34(46)41-28-19-26-27(20-30(28)48-7)38-21-39-32(26)40-25-12-10-23(11-13-25)24-14-17-43(6)18-15-24;/h10-13,19-22,24,29,31,37H,8-9,14-18H2,1-7H3,(H,41,46)(H,42,45)(H,38,39,40);1H. The summed E-state index contributed by atoms with van der Waals surface area (Å²) < 4.78 is 5.65. The third-order valence-corrected chi connectivity index (χ3v) is 9.64. The number of hydrogen-bond acceptors (Lipinski definition) is 9. The highest BCUT2D eigenvalue weighted by molar-refractivity contribution is 6.03. The van der Waals surface area contributed by atoms with Crippen LogP contribution < -0.4 is 26.0 Å². The van der Waals surface area contributed by atoms with Crippen molar-refractivity contribution in [1.82, 2.24) is 30.4 Å². The van der Waals surface area contributed by atoms with Crippen molar-refractivity contribution >= 4 is 58.2 Å². The Kier molecular flexibility index (Phi) is 12.5. The van der Waals surface area contributed by atoms with Crippen molar-refractivity contribution in [2.75, 3.05) is 51.5 Å². The Bertz CT molecular complexity index is 1620. The van der Waals surface area contributed by atoms with Gasteiger partial charge >= 0.3 is 0 Å². The number of likely N-dealkylation sites (tertiary alicyclic amines) is 2. The summed E-state index contributed by atoms with van der Waals surface area (Å²) in [4.78, 5) is 53.4. The van der Waals surface area contributed by atoms with Crippen LogP contribution in [0, 0.1) is 5.41 Å². The van der Waals surface area contributed by atoms with Gasteiger partial charge in [-0.15, -0.1) is 12.4 Å². The number of methoxy groups -OCH3 is 1. The van der Waals surface area contributed by atoms with Gasteiger partial charge in [0.05, 0.1) is 24.4 Å². The van der Waals surface area contributed by atoms with Crippen molar-refractivity contribution in [3.05, 3.63) is 48.3 Å². The quantitative estimate of drug-likeness (QED) is 0.238. The molecule has 2 aliphatic rings. The minimum Gasteiger partial charge on any atom is -0.494 e. The molecule has 12 nitrogen and oxygen atoms in total. The molecule has 2 saturated heterocycles. The van der Waals surface area contributed by atoms with Gasteiger partial charge in [0.1, 0.15) is 30.0 Å². The highest BCUT2D eigenvalue weighted by atomic mass is 35.5. The number of fused-ring (bicyclic) bond motifs is 1. The topological polar surface area (TPSA) is 141 Å². The van der Waals surface area contributed by atoms with Gasteiger partial charge in [0.25, 0.3) is 0 Å². The predicted molar refractivity (Wildman–Crippen MR) is 196 cm³/mol. The van der Waals surface area contributed by atoms with E-state index in [1.54, 1.807) is 31.0 Å². The molecule has 49 heavy (non-hydrogen) atoms. The van der Waals surface area contributed by atoms with Gasteiger partial charge in [-0.1, -0.05) is 32.9 Å². The Morgan fingerprint density at radius 2 is 1.69 bits per heavy atom. The molecule has 2 aliphatic heterocycles. The molecule has 3 heterocycles. The second-order valence-electron chi connectivity index (χ2n) is 14.1. The van der Waals surface area contributed by atoms with Gasteiger partial charge in [-0.25, -0.2) is 9.97 Å². The van der Waals surface area contributed by atoms with Crippen molar-refractivity contribution in [1.29, 1.82) is 0 Å². The summed E-state index contributed by atoms with van der Waals surface area (Å²) in [5, 5.41) is 13.0. The molecule has 0 aliphatic carbocycles. The number of nitrogens with zero attached hydrogens (tertiary/aromatic N) is 4. The van der Waals surface area contributed by atoms with Gasteiger partial charge < -0.3 is 35.8 Å². The molecule has 1 aromatic heterocycles. The van der Waals surface area contributed by atoms with Crippen molar-refractivity contribution in [3.8, 4) is 5.75 Å². The van der Waals surface area contributed by atoms with Gasteiger partial charge in [-0.2, -0.15) is 0 Å². The second-order valence-corrected chi connectivity index (χ2v) is 14.1. The summed E-state index contributed by atoms with van der Waals surface area (Å²) >= 11 is 0. The Morgan fingerprint density at radius 1 is 1.00 bits per heavy atom. The normalized spacial score (nSPS) is 18.3. The van der Waals surface area contributed by atoms with Crippen LogP contribution in [0.25, 0.3) is 10.9 Å². The van der Waals surface area contributed by atoms with Gasteiger partial charge in [-0.05, 0) is 94.9 Å². The number of halogens is 1. The number of aromatic nitrogens is 2. The first-order chi connectivity index (χ1) is 22.9. The van der Waals surface area contributed by atoms with Crippen LogP contribution in [0.5, 0.6) is 5.75 Å². The molecular formula is C36H51ClN8O4. The number of benzene rings is 2. The van der Waals surface area contributed by atoms with E-state index in [9.17, 15) is 14.4 Å². The van der Waals surface area contributed by atoms with E-state index in [0.717, 1.165) is 31.6 Å². The monoisotopic (exact) mass is 694 g/mol. The number of rotatable bonds is 10. The van der Waals surface area contributed by atoms with Crippen molar-refractivity contribution < 1.29 is 19.1 Å². The first-order valence-corrected chi connectivity index (χ1v) is 16.9. The molecule has 0 saturated carbocycles. The Labute approximate surface area is 295 Å². The Morgan fingerprint density at radius 3 is 2.33 bits per heavy atom. The zero-order chi connectivity index (χ0) is 34.6. The lowest BCUT2D eigenvalue weighted by atomic mass is 9.85. The molecule has 4 N–H and O–H groups in total. The molecule has 0 radical (unpaired) electrons. The number of hydrogen-bond donors (Lipinski definition) is 4. The summed E-state index contributed by atoms with van der Waals surface area (Å²) in [5.41, 5.74) is 2.79. The van der Waals surface area contributed by atoms with Gasteiger partial charge in [0, 0.05) is 23.7 Å². The number of amides is 3. The number of ether oxygens (including phenoxy) is 1. The third-order valence-electron chi connectivity index (χ3n) is 9.64. The van der Waals surface area contributed by atoms with E-state index in [1.165, 1.54) is 19.0 Å². The maximum Gasteiger partial charge on any atom is 0.247 e. The summed E-state index contributed by atoms with van der Waals surface area (Å²) in [6, 6.07) is 10.1. The molecule has 13 heteroatoms. The Hall–Kier alpha value is -4.00. The zero-order valence-corrected chi connectivity index (χ0v) is 30.4. The van der Waals surface area contributed by atoms with Crippen LogP contribution in [0.2, 0.25) is 0 Å². The van der Waals surface area contributed by atoms with Gasteiger partial charge in [0.15, 0.2) is 0 Å². The number of piperidine rings is 1. The first-order valence-electron chi connectivity index (χ1n) is 16.9. The van der Waals surface area contributed by atoms with Crippen LogP contribution in [-0.2, 0) is 14.4 Å². The molecule has 0 spiro atoms. The van der Waals surface area contributed by atoms with E-state index in [0.29, 0.717) is 53.5 Å². The van der Waals surface area contributed by atoms with Gasteiger partial charge in [0.2, 0.25) is 17.7 Å². The van der Waals surface area contributed by atoms with Crippen molar-refractivity contribution in [3.63, 3.8) is 0 Å². The van der Waals surface area contributed by atoms with E-state index in [-0.39, 0.29) is 30.1 Å². The lowest BCUT2D eigenvalue weighted by Crippen LogP contribution is -2.59. The number of carbonyl (C=O) groups excluding carboxylic acids is 3. The maximum absolute atomic E-state index is 13.9. The van der Waals surface area contributed by atoms with Crippen LogP contribution in [0.4, 0.5) is 17.2 Å². The molecular weight excluding hydrogens is 644 g/mol. The van der Waals surface area contributed by atoms with Crippen LogP contribution in [0.3, 0.4) is 0 Å². The SMILES string of the molecule is CNC(C)C(=O)NC(C(=O)N1CCCC1C(=O)Nc1cc2c(Nc3ccc(C4CCN(C)CC4)cc3)ncnc2cc1OC)C(C)(C)C.Cl. The lowest BCUT2D eigenvalue weighted by molar-refractivity contribution is -0.143. The average Bonchev–Trinajstić information content (AvgIpc) is 3.57. The summed E-state index contributed by atoms with van der Waals surface area (Å²) in [7, 11) is 5.40. The zero-order valence-electron chi connectivity index (χ0n) is 29.6. The second kappa shape index (κ2) is 16.1. The van der Waals surface area contributed by atoms with E-state index in [2.05, 4.69) is 67.4 Å². The minimum atomic E-state index is -0.798. The fourth-order valence-electron chi connectivity index (χ4n) is 6.50. The van der Waals surface area contributed by atoms with Crippen LogP contribution in [-0.4, -0.2) is 96.5 Å². The average molecular weight is 695 g/mol. The third kappa shape index (κ3) is 8.78.